The van der Waals surface area contributed by atoms with Gasteiger partial charge in [0.15, 0.2) is 0 Å². The molecule has 6 nitrogen and oxygen atoms in total. The highest BCUT2D eigenvalue weighted by Crippen LogP contribution is 2.44. The van der Waals surface area contributed by atoms with Crippen molar-refractivity contribution < 1.29 is 28.6 Å². The summed E-state index contributed by atoms with van der Waals surface area (Å²) in [5, 5.41) is 12.5. The van der Waals surface area contributed by atoms with E-state index in [4.69, 9.17) is 21.1 Å². The second kappa shape index (κ2) is 11.6. The lowest BCUT2D eigenvalue weighted by molar-refractivity contribution is -0.139. The highest BCUT2D eigenvalue weighted by atomic mass is 35.5. The fourth-order valence-corrected chi connectivity index (χ4v) is 5.05. The number of alkyl carbamates (subject to hydrolysis) is 1. The summed E-state index contributed by atoms with van der Waals surface area (Å²) in [5.41, 5.74) is 5.03. The quantitative estimate of drug-likeness (QED) is 0.248. The molecular formula is C31H25ClFNO5. The van der Waals surface area contributed by atoms with Gasteiger partial charge in [-0.3, -0.25) is 0 Å². The summed E-state index contributed by atoms with van der Waals surface area (Å²) in [7, 11) is 0. The van der Waals surface area contributed by atoms with Crippen LogP contribution in [0, 0.1) is 5.82 Å². The van der Waals surface area contributed by atoms with Gasteiger partial charge in [-0.2, -0.15) is 0 Å². The Morgan fingerprint density at radius 2 is 1.54 bits per heavy atom. The van der Waals surface area contributed by atoms with Gasteiger partial charge in [0.2, 0.25) is 0 Å². The summed E-state index contributed by atoms with van der Waals surface area (Å²) in [4.78, 5) is 24.7. The summed E-state index contributed by atoms with van der Waals surface area (Å²) in [6.07, 6.45) is -0.901. The number of aliphatic carboxylic acids is 1. The van der Waals surface area contributed by atoms with E-state index < -0.39 is 23.9 Å². The minimum Gasteiger partial charge on any atom is -0.488 e. The number of amides is 1. The Morgan fingerprint density at radius 3 is 2.21 bits per heavy atom. The summed E-state index contributed by atoms with van der Waals surface area (Å²) < 4.78 is 25.5. The van der Waals surface area contributed by atoms with Crippen LogP contribution in [0.25, 0.3) is 11.1 Å². The van der Waals surface area contributed by atoms with Crippen molar-refractivity contribution in [3.63, 3.8) is 0 Å². The van der Waals surface area contributed by atoms with Crippen molar-refractivity contribution in [2.45, 2.75) is 25.0 Å². The van der Waals surface area contributed by atoms with E-state index in [9.17, 15) is 19.1 Å². The molecule has 1 unspecified atom stereocenters. The van der Waals surface area contributed by atoms with Crippen molar-refractivity contribution in [3.05, 3.63) is 124 Å². The molecule has 0 radical (unpaired) electrons. The van der Waals surface area contributed by atoms with Crippen LogP contribution in [0.1, 0.15) is 28.2 Å². The fourth-order valence-electron chi connectivity index (χ4n) is 4.84. The molecule has 8 heteroatoms. The molecule has 0 heterocycles. The van der Waals surface area contributed by atoms with Gasteiger partial charge in [0, 0.05) is 17.9 Å². The SMILES string of the molecule is O=C(NC(Cc1ccccc1OCc1c(F)cccc1Cl)C(=O)O)OCC1c2ccccc2-c2ccccc21. The molecule has 4 aromatic carbocycles. The third-order valence-corrected chi connectivity index (χ3v) is 7.12. The number of carbonyl (C=O) groups is 2. The van der Waals surface area contributed by atoms with Crippen molar-refractivity contribution in [3.8, 4) is 16.9 Å². The molecule has 2 N–H and O–H groups in total. The molecule has 0 aromatic heterocycles. The first-order valence-corrected chi connectivity index (χ1v) is 12.8. The minimum absolute atomic E-state index is 0.0648. The maximum absolute atomic E-state index is 14.2. The van der Waals surface area contributed by atoms with Crippen LogP contribution < -0.4 is 10.1 Å². The van der Waals surface area contributed by atoms with Crippen LogP contribution in [0.4, 0.5) is 9.18 Å². The van der Waals surface area contributed by atoms with Crippen molar-refractivity contribution in [1.82, 2.24) is 5.32 Å². The number of rotatable bonds is 9. The molecule has 0 saturated carbocycles. The molecule has 0 spiro atoms. The van der Waals surface area contributed by atoms with Crippen LogP contribution in [-0.4, -0.2) is 29.8 Å². The maximum atomic E-state index is 14.2. The molecule has 0 bridgehead atoms. The van der Waals surface area contributed by atoms with Crippen LogP contribution in [0.3, 0.4) is 0 Å². The monoisotopic (exact) mass is 545 g/mol. The number of carbonyl (C=O) groups excluding carboxylic acids is 1. The van der Waals surface area contributed by atoms with Gasteiger partial charge >= 0.3 is 12.1 Å². The van der Waals surface area contributed by atoms with Crippen molar-refractivity contribution in [2.75, 3.05) is 6.61 Å². The summed E-state index contributed by atoms with van der Waals surface area (Å²) in [6.45, 7) is -0.0740. The summed E-state index contributed by atoms with van der Waals surface area (Å²) >= 11 is 6.09. The molecule has 1 aliphatic carbocycles. The minimum atomic E-state index is -1.28. The molecule has 0 saturated heterocycles. The standard InChI is InChI=1S/C31H25ClFNO5/c32-26-13-7-14-27(33)25(26)18-38-29-15-6-1-8-19(29)16-28(30(35)36)34-31(37)39-17-24-22-11-4-2-9-20(22)21-10-3-5-12-23(21)24/h1-15,24,28H,16-18H2,(H,34,37)(H,35,36). The molecule has 1 atom stereocenters. The van der Waals surface area contributed by atoms with Crippen LogP contribution in [0.15, 0.2) is 91.0 Å². The first-order chi connectivity index (χ1) is 18.9. The summed E-state index contributed by atoms with van der Waals surface area (Å²) in [6, 6.07) is 25.8. The van der Waals surface area contributed by atoms with Gasteiger partial charge < -0.3 is 19.9 Å². The lowest BCUT2D eigenvalue weighted by atomic mass is 9.98. The smallest absolute Gasteiger partial charge is 0.407 e. The lowest BCUT2D eigenvalue weighted by Crippen LogP contribution is -2.43. The fraction of sp³-hybridized carbons (Fsp3) is 0.161. The number of fused-ring (bicyclic) bond motifs is 3. The van der Waals surface area contributed by atoms with E-state index in [1.165, 1.54) is 12.1 Å². The van der Waals surface area contributed by atoms with E-state index in [1.807, 2.05) is 48.5 Å². The molecule has 1 amide bonds. The van der Waals surface area contributed by atoms with Gasteiger partial charge in [0.25, 0.3) is 0 Å². The number of nitrogens with one attached hydrogen (secondary N) is 1. The van der Waals surface area contributed by atoms with Gasteiger partial charge in [-0.1, -0.05) is 84.4 Å². The van der Waals surface area contributed by atoms with Gasteiger partial charge in [0.1, 0.15) is 30.8 Å². The Kier molecular flexibility index (Phi) is 7.79. The van der Waals surface area contributed by atoms with Crippen molar-refractivity contribution in [1.29, 1.82) is 0 Å². The average molecular weight is 546 g/mol. The van der Waals surface area contributed by atoms with E-state index in [0.29, 0.717) is 11.3 Å². The molecule has 39 heavy (non-hydrogen) atoms. The lowest BCUT2D eigenvalue weighted by Gasteiger charge is -2.19. The normalized spacial score (nSPS) is 12.8. The second-order valence-corrected chi connectivity index (χ2v) is 9.57. The number of benzene rings is 4. The average Bonchev–Trinajstić information content (AvgIpc) is 3.25. The van der Waals surface area contributed by atoms with Crippen molar-refractivity contribution in [2.24, 2.45) is 0 Å². The van der Waals surface area contributed by atoms with Gasteiger partial charge in [-0.05, 0) is 46.0 Å². The van der Waals surface area contributed by atoms with E-state index >= 15 is 0 Å². The number of halogens is 2. The molecule has 1 aliphatic rings. The molecule has 5 rings (SSSR count). The molecule has 198 valence electrons. The topological polar surface area (TPSA) is 84.9 Å². The zero-order chi connectivity index (χ0) is 27.4. The van der Waals surface area contributed by atoms with Crippen LogP contribution >= 0.6 is 11.6 Å². The highest BCUT2D eigenvalue weighted by molar-refractivity contribution is 6.31. The number of hydrogen-bond acceptors (Lipinski definition) is 4. The van der Waals surface area contributed by atoms with Gasteiger partial charge in [-0.15, -0.1) is 0 Å². The predicted molar refractivity (Wildman–Crippen MR) is 146 cm³/mol. The van der Waals surface area contributed by atoms with Crippen LogP contribution in [-0.2, 0) is 22.6 Å². The Labute approximate surface area is 230 Å². The first kappa shape index (κ1) is 26.3. The van der Waals surface area contributed by atoms with E-state index in [-0.39, 0.29) is 36.1 Å². The number of para-hydroxylation sites is 1. The maximum Gasteiger partial charge on any atom is 0.407 e. The molecule has 0 fully saturated rings. The van der Waals surface area contributed by atoms with E-state index in [2.05, 4.69) is 5.32 Å². The van der Waals surface area contributed by atoms with Crippen LogP contribution in [0.2, 0.25) is 5.02 Å². The Bertz CT molecular complexity index is 1460. The van der Waals surface area contributed by atoms with Gasteiger partial charge in [0.05, 0.1) is 5.02 Å². The third kappa shape index (κ3) is 5.73. The third-order valence-electron chi connectivity index (χ3n) is 6.76. The number of carboxylic acid groups (broad SMARTS) is 1. The number of ether oxygens (including phenoxy) is 2. The van der Waals surface area contributed by atoms with E-state index in [1.54, 1.807) is 30.3 Å². The Morgan fingerprint density at radius 1 is 0.897 bits per heavy atom. The summed E-state index contributed by atoms with van der Waals surface area (Å²) in [5.74, 6) is -1.51. The van der Waals surface area contributed by atoms with Crippen LogP contribution in [0.5, 0.6) is 5.75 Å². The molecular weight excluding hydrogens is 521 g/mol. The number of hydrogen-bond donors (Lipinski definition) is 2. The largest absolute Gasteiger partial charge is 0.488 e. The Hall–Kier alpha value is -4.36. The van der Waals surface area contributed by atoms with E-state index in [0.717, 1.165) is 22.3 Å². The first-order valence-electron chi connectivity index (χ1n) is 12.4. The van der Waals surface area contributed by atoms with Crippen molar-refractivity contribution >= 4 is 23.7 Å². The zero-order valence-electron chi connectivity index (χ0n) is 20.8. The predicted octanol–water partition coefficient (Wildman–Crippen LogP) is 6.59. The zero-order valence-corrected chi connectivity index (χ0v) is 21.5. The molecule has 4 aromatic rings. The second-order valence-electron chi connectivity index (χ2n) is 9.16. The highest BCUT2D eigenvalue weighted by Gasteiger charge is 2.30. The molecule has 0 aliphatic heterocycles. The number of carboxylic acids is 1. The Balaban J connectivity index is 1.24. The van der Waals surface area contributed by atoms with Gasteiger partial charge in [-0.25, -0.2) is 14.0 Å².